The summed E-state index contributed by atoms with van der Waals surface area (Å²) in [5.41, 5.74) is 2.00. The van der Waals surface area contributed by atoms with E-state index in [4.69, 9.17) is 0 Å². The molecule has 0 aliphatic heterocycles. The number of urea groups is 1. The Bertz CT molecular complexity index is 420. The minimum Gasteiger partial charge on any atom is -0.335 e. The highest BCUT2D eigenvalue weighted by Crippen LogP contribution is 2.17. The monoisotopic (exact) mass is 277 g/mol. The number of carbonyl (C=O) groups excluding carboxylic acids is 1. The maximum absolute atomic E-state index is 11.9. The molecule has 20 heavy (non-hydrogen) atoms. The third-order valence-corrected chi connectivity index (χ3v) is 3.25. The van der Waals surface area contributed by atoms with Gasteiger partial charge in [-0.25, -0.2) is 4.79 Å². The lowest BCUT2D eigenvalue weighted by Gasteiger charge is -2.16. The summed E-state index contributed by atoms with van der Waals surface area (Å²) in [5.74, 6) is 0. The fraction of sp³-hybridized carbons (Fsp3) is 0.562. The average molecular weight is 277 g/mol. The van der Waals surface area contributed by atoms with Crippen LogP contribution in [0.2, 0.25) is 0 Å². The van der Waals surface area contributed by atoms with Crippen molar-refractivity contribution in [3.63, 3.8) is 0 Å². The molecule has 0 spiro atoms. The molecule has 0 saturated heterocycles. The first kappa shape index (κ1) is 16.5. The summed E-state index contributed by atoms with van der Waals surface area (Å²) in [7, 11) is 0. The number of hydrogen-bond donors (Lipinski definition) is 3. The van der Waals surface area contributed by atoms with Crippen molar-refractivity contribution in [2.45, 2.75) is 52.6 Å². The van der Waals surface area contributed by atoms with Crippen molar-refractivity contribution < 1.29 is 4.79 Å². The normalized spacial score (nSPS) is 13.6. The first-order chi connectivity index (χ1) is 9.56. The number of anilines is 1. The van der Waals surface area contributed by atoms with E-state index in [0.29, 0.717) is 0 Å². The minimum atomic E-state index is -0.140. The van der Waals surface area contributed by atoms with Crippen molar-refractivity contribution in [2.24, 2.45) is 0 Å². The minimum absolute atomic E-state index is 0.140. The number of benzene rings is 1. The Morgan fingerprint density at radius 2 is 2.00 bits per heavy atom. The summed E-state index contributed by atoms with van der Waals surface area (Å²) in [5, 5.41) is 9.19. The van der Waals surface area contributed by atoms with E-state index in [1.54, 1.807) is 0 Å². The Hall–Kier alpha value is -1.55. The van der Waals surface area contributed by atoms with E-state index in [1.807, 2.05) is 25.1 Å². The van der Waals surface area contributed by atoms with E-state index in [-0.39, 0.29) is 18.1 Å². The van der Waals surface area contributed by atoms with E-state index < -0.39 is 0 Å². The van der Waals surface area contributed by atoms with Crippen LogP contribution in [0.5, 0.6) is 0 Å². The van der Waals surface area contributed by atoms with Crippen LogP contribution in [0.4, 0.5) is 10.5 Å². The van der Waals surface area contributed by atoms with E-state index in [1.165, 1.54) is 5.56 Å². The summed E-state index contributed by atoms with van der Waals surface area (Å²) >= 11 is 0. The molecule has 0 aliphatic rings. The standard InChI is InChI=1S/C16H27N3O/c1-5-8-12(3)18-16(20)19-15-10-7-9-14(11-15)13(4)17-6-2/h7,9-13,17H,5-6,8H2,1-4H3,(H2,18,19,20). The molecule has 0 radical (unpaired) electrons. The molecule has 4 heteroatoms. The molecule has 3 N–H and O–H groups in total. The van der Waals surface area contributed by atoms with Gasteiger partial charge in [0.2, 0.25) is 0 Å². The molecule has 2 amide bonds. The molecule has 0 saturated carbocycles. The Morgan fingerprint density at radius 1 is 1.25 bits per heavy atom. The van der Waals surface area contributed by atoms with Gasteiger partial charge in [0, 0.05) is 17.8 Å². The molecule has 0 heterocycles. The highest BCUT2D eigenvalue weighted by atomic mass is 16.2. The summed E-state index contributed by atoms with van der Waals surface area (Å²) in [6.45, 7) is 9.26. The summed E-state index contributed by atoms with van der Waals surface area (Å²) < 4.78 is 0. The lowest BCUT2D eigenvalue weighted by atomic mass is 10.1. The molecular formula is C16H27N3O. The SMILES string of the molecule is CCCC(C)NC(=O)Nc1cccc(C(C)NCC)c1. The third-order valence-electron chi connectivity index (χ3n) is 3.25. The van der Waals surface area contributed by atoms with Gasteiger partial charge >= 0.3 is 6.03 Å². The van der Waals surface area contributed by atoms with Gasteiger partial charge in [-0.2, -0.15) is 0 Å². The fourth-order valence-corrected chi connectivity index (χ4v) is 2.21. The van der Waals surface area contributed by atoms with Crippen molar-refractivity contribution in [3.05, 3.63) is 29.8 Å². The van der Waals surface area contributed by atoms with Crippen molar-refractivity contribution in [2.75, 3.05) is 11.9 Å². The van der Waals surface area contributed by atoms with Crippen molar-refractivity contribution in [3.8, 4) is 0 Å². The van der Waals surface area contributed by atoms with Crippen LogP contribution in [-0.2, 0) is 0 Å². The Labute approximate surface area is 122 Å². The van der Waals surface area contributed by atoms with Crippen LogP contribution in [0.25, 0.3) is 0 Å². The molecule has 112 valence electrons. The van der Waals surface area contributed by atoms with Gasteiger partial charge in [0.05, 0.1) is 0 Å². The Kier molecular flexibility index (Phi) is 7.09. The van der Waals surface area contributed by atoms with Crippen LogP contribution in [0, 0.1) is 0 Å². The zero-order valence-electron chi connectivity index (χ0n) is 13.0. The molecular weight excluding hydrogens is 250 g/mol. The van der Waals surface area contributed by atoms with Crippen LogP contribution in [0.3, 0.4) is 0 Å². The van der Waals surface area contributed by atoms with Crippen molar-refractivity contribution in [1.82, 2.24) is 10.6 Å². The molecule has 1 aromatic rings. The van der Waals surface area contributed by atoms with E-state index in [0.717, 1.165) is 25.1 Å². The second-order valence-electron chi connectivity index (χ2n) is 5.19. The van der Waals surface area contributed by atoms with Gasteiger partial charge in [-0.05, 0) is 44.5 Å². The number of hydrogen-bond acceptors (Lipinski definition) is 2. The zero-order chi connectivity index (χ0) is 15.0. The predicted octanol–water partition coefficient (Wildman–Crippen LogP) is 3.67. The second kappa shape index (κ2) is 8.59. The molecule has 0 bridgehead atoms. The summed E-state index contributed by atoms with van der Waals surface area (Å²) in [6.07, 6.45) is 2.06. The van der Waals surface area contributed by atoms with Crippen LogP contribution < -0.4 is 16.0 Å². The lowest BCUT2D eigenvalue weighted by molar-refractivity contribution is 0.248. The van der Waals surface area contributed by atoms with E-state index in [9.17, 15) is 4.79 Å². The first-order valence-corrected chi connectivity index (χ1v) is 7.47. The molecule has 1 aromatic carbocycles. The molecule has 4 nitrogen and oxygen atoms in total. The highest BCUT2D eigenvalue weighted by molar-refractivity contribution is 5.89. The van der Waals surface area contributed by atoms with E-state index >= 15 is 0 Å². The topological polar surface area (TPSA) is 53.2 Å². The summed E-state index contributed by atoms with van der Waals surface area (Å²) in [4.78, 5) is 11.9. The third kappa shape index (κ3) is 5.61. The smallest absolute Gasteiger partial charge is 0.319 e. The molecule has 2 unspecified atom stereocenters. The van der Waals surface area contributed by atoms with Crippen LogP contribution >= 0.6 is 0 Å². The van der Waals surface area contributed by atoms with E-state index in [2.05, 4.69) is 42.8 Å². The van der Waals surface area contributed by atoms with Gasteiger partial charge in [0.15, 0.2) is 0 Å². The summed E-state index contributed by atoms with van der Waals surface area (Å²) in [6, 6.07) is 8.29. The van der Waals surface area contributed by atoms with Gasteiger partial charge in [0.1, 0.15) is 0 Å². The second-order valence-corrected chi connectivity index (χ2v) is 5.19. The Morgan fingerprint density at radius 3 is 2.65 bits per heavy atom. The fourth-order valence-electron chi connectivity index (χ4n) is 2.21. The molecule has 1 rings (SSSR count). The first-order valence-electron chi connectivity index (χ1n) is 7.47. The molecule has 0 aromatic heterocycles. The number of rotatable bonds is 7. The van der Waals surface area contributed by atoms with Gasteiger partial charge in [0.25, 0.3) is 0 Å². The van der Waals surface area contributed by atoms with Gasteiger partial charge in [-0.3, -0.25) is 0 Å². The Balaban J connectivity index is 2.59. The highest BCUT2D eigenvalue weighted by Gasteiger charge is 2.08. The maximum atomic E-state index is 11.9. The molecule has 0 fully saturated rings. The van der Waals surface area contributed by atoms with Crippen molar-refractivity contribution >= 4 is 11.7 Å². The van der Waals surface area contributed by atoms with Gasteiger partial charge in [-0.15, -0.1) is 0 Å². The number of amides is 2. The van der Waals surface area contributed by atoms with Gasteiger partial charge < -0.3 is 16.0 Å². The quantitative estimate of drug-likeness (QED) is 0.712. The number of nitrogens with one attached hydrogen (secondary N) is 3. The molecule has 0 aliphatic carbocycles. The van der Waals surface area contributed by atoms with Gasteiger partial charge in [-0.1, -0.05) is 32.4 Å². The van der Waals surface area contributed by atoms with Crippen molar-refractivity contribution in [1.29, 1.82) is 0 Å². The van der Waals surface area contributed by atoms with Crippen LogP contribution in [0.15, 0.2) is 24.3 Å². The maximum Gasteiger partial charge on any atom is 0.319 e. The molecule has 2 atom stereocenters. The largest absolute Gasteiger partial charge is 0.335 e. The van der Waals surface area contributed by atoms with Crippen LogP contribution in [-0.4, -0.2) is 18.6 Å². The average Bonchev–Trinajstić information content (AvgIpc) is 2.39. The predicted molar refractivity (Wildman–Crippen MR) is 85.1 cm³/mol. The zero-order valence-corrected chi connectivity index (χ0v) is 13.0. The number of carbonyl (C=O) groups is 1. The van der Waals surface area contributed by atoms with Crippen LogP contribution in [0.1, 0.15) is 52.1 Å². The lowest BCUT2D eigenvalue weighted by Crippen LogP contribution is -2.36.